The number of hydrogen-bond donors (Lipinski definition) is 1. The van der Waals surface area contributed by atoms with Crippen molar-refractivity contribution in [1.29, 1.82) is 0 Å². The smallest absolute Gasteiger partial charge is 0.410 e. The highest BCUT2D eigenvalue weighted by atomic mass is 32.2. The Balaban J connectivity index is 2.09. The topological polar surface area (TPSA) is 137 Å². The van der Waals surface area contributed by atoms with Gasteiger partial charge in [0.15, 0.2) is 5.69 Å². The molecular formula is C26H33FN4O7S. The molecule has 1 aliphatic rings. The highest BCUT2D eigenvalue weighted by Crippen LogP contribution is 2.30. The molecule has 1 aromatic carbocycles. The SMILES string of the molecule is C=Cc1cc(F)ccc1CNC(=O)c1nc2n(c(=O)c1OS(C)(=O)=O)CCCCC2N(C)C(=O)OC(C)(C)C. The molecular weight excluding hydrogens is 531 g/mol. The van der Waals surface area contributed by atoms with Crippen molar-refractivity contribution in [3.63, 3.8) is 0 Å². The lowest BCUT2D eigenvalue weighted by Gasteiger charge is -2.30. The van der Waals surface area contributed by atoms with Gasteiger partial charge in [0.2, 0.25) is 5.75 Å². The van der Waals surface area contributed by atoms with E-state index in [0.29, 0.717) is 30.4 Å². The van der Waals surface area contributed by atoms with Crippen LogP contribution >= 0.6 is 0 Å². The molecule has 1 aliphatic heterocycles. The Kier molecular flexibility index (Phi) is 8.84. The van der Waals surface area contributed by atoms with Crippen LogP contribution in [-0.2, 0) is 27.9 Å². The van der Waals surface area contributed by atoms with Gasteiger partial charge in [0.05, 0.1) is 12.3 Å². The molecule has 1 unspecified atom stereocenters. The van der Waals surface area contributed by atoms with Crippen molar-refractivity contribution in [1.82, 2.24) is 19.8 Å². The van der Waals surface area contributed by atoms with Crippen LogP contribution in [0.15, 0.2) is 29.6 Å². The third-order valence-electron chi connectivity index (χ3n) is 5.93. The Morgan fingerprint density at radius 1 is 1.31 bits per heavy atom. The summed E-state index contributed by atoms with van der Waals surface area (Å²) in [4.78, 5) is 45.4. The van der Waals surface area contributed by atoms with Crippen LogP contribution in [0.4, 0.5) is 9.18 Å². The number of carbonyl (C=O) groups excluding carboxylic acids is 2. The lowest BCUT2D eigenvalue weighted by atomic mass is 10.1. The van der Waals surface area contributed by atoms with Crippen molar-refractivity contribution in [3.8, 4) is 5.75 Å². The van der Waals surface area contributed by atoms with Gasteiger partial charge in [-0.1, -0.05) is 18.7 Å². The van der Waals surface area contributed by atoms with Gasteiger partial charge in [0.25, 0.3) is 11.5 Å². The number of rotatable bonds is 7. The van der Waals surface area contributed by atoms with Crippen molar-refractivity contribution < 1.29 is 31.3 Å². The van der Waals surface area contributed by atoms with Gasteiger partial charge in [-0.15, -0.1) is 0 Å². The molecule has 0 bridgehead atoms. The number of nitrogens with one attached hydrogen (secondary N) is 1. The number of carbonyl (C=O) groups is 2. The zero-order valence-corrected chi connectivity index (χ0v) is 23.4. The molecule has 212 valence electrons. The van der Waals surface area contributed by atoms with Crippen molar-refractivity contribution >= 4 is 28.2 Å². The molecule has 1 N–H and O–H groups in total. The second-order valence-electron chi connectivity index (χ2n) is 10.2. The minimum atomic E-state index is -4.21. The Hall–Kier alpha value is -3.74. The van der Waals surface area contributed by atoms with E-state index in [4.69, 9.17) is 8.92 Å². The first-order valence-electron chi connectivity index (χ1n) is 12.3. The van der Waals surface area contributed by atoms with Gasteiger partial charge in [-0.3, -0.25) is 14.2 Å². The molecule has 0 fully saturated rings. The lowest BCUT2D eigenvalue weighted by molar-refractivity contribution is 0.0202. The predicted molar refractivity (Wildman–Crippen MR) is 142 cm³/mol. The number of hydrogen-bond acceptors (Lipinski definition) is 8. The van der Waals surface area contributed by atoms with Gasteiger partial charge >= 0.3 is 16.2 Å². The Morgan fingerprint density at radius 2 is 2.00 bits per heavy atom. The molecule has 39 heavy (non-hydrogen) atoms. The van der Waals surface area contributed by atoms with Gasteiger partial charge in [-0.25, -0.2) is 14.2 Å². The number of fused-ring (bicyclic) bond motifs is 1. The quantitative estimate of drug-likeness (QED) is 0.506. The molecule has 0 radical (unpaired) electrons. The molecule has 2 aromatic rings. The summed E-state index contributed by atoms with van der Waals surface area (Å²) in [5.74, 6) is -2.02. The average Bonchev–Trinajstić information content (AvgIpc) is 3.05. The summed E-state index contributed by atoms with van der Waals surface area (Å²) >= 11 is 0. The van der Waals surface area contributed by atoms with Crippen molar-refractivity contribution in [3.05, 3.63) is 63.6 Å². The summed E-state index contributed by atoms with van der Waals surface area (Å²) in [7, 11) is -2.70. The van der Waals surface area contributed by atoms with E-state index in [1.807, 2.05) is 0 Å². The van der Waals surface area contributed by atoms with E-state index in [0.717, 1.165) is 6.26 Å². The first-order chi connectivity index (χ1) is 18.1. The third kappa shape index (κ3) is 7.43. The van der Waals surface area contributed by atoms with E-state index >= 15 is 0 Å². The highest BCUT2D eigenvalue weighted by Gasteiger charge is 2.34. The lowest BCUT2D eigenvalue weighted by Crippen LogP contribution is -2.40. The number of ether oxygens (including phenoxy) is 1. The minimum absolute atomic E-state index is 0.0971. The van der Waals surface area contributed by atoms with Crippen LogP contribution < -0.4 is 15.1 Å². The van der Waals surface area contributed by atoms with Crippen molar-refractivity contribution in [2.45, 2.75) is 64.8 Å². The zero-order chi connectivity index (χ0) is 29.1. The number of aromatic nitrogens is 2. The van der Waals surface area contributed by atoms with E-state index in [2.05, 4.69) is 16.9 Å². The maximum Gasteiger partial charge on any atom is 0.410 e. The Morgan fingerprint density at radius 3 is 2.62 bits per heavy atom. The first kappa shape index (κ1) is 29.8. The number of halogens is 1. The molecule has 0 saturated heterocycles. The fraction of sp³-hybridized carbons (Fsp3) is 0.462. The van der Waals surface area contributed by atoms with Crippen LogP contribution in [0.1, 0.15) is 73.5 Å². The number of benzene rings is 1. The van der Waals surface area contributed by atoms with Crippen molar-refractivity contribution in [2.24, 2.45) is 0 Å². The van der Waals surface area contributed by atoms with Gasteiger partial charge in [0.1, 0.15) is 17.2 Å². The highest BCUT2D eigenvalue weighted by molar-refractivity contribution is 7.86. The zero-order valence-electron chi connectivity index (χ0n) is 22.6. The fourth-order valence-electron chi connectivity index (χ4n) is 4.15. The summed E-state index contributed by atoms with van der Waals surface area (Å²) < 4.78 is 49.3. The predicted octanol–water partition coefficient (Wildman–Crippen LogP) is 3.39. The molecule has 0 aliphatic carbocycles. The van der Waals surface area contributed by atoms with Gasteiger partial charge in [-0.2, -0.15) is 8.42 Å². The van der Waals surface area contributed by atoms with E-state index in [1.54, 1.807) is 20.8 Å². The second kappa shape index (κ2) is 11.6. The molecule has 3 rings (SSSR count). The minimum Gasteiger partial charge on any atom is -0.444 e. The Labute approximate surface area is 226 Å². The monoisotopic (exact) mass is 564 g/mol. The Bertz CT molecular complexity index is 1450. The van der Waals surface area contributed by atoms with Gasteiger partial charge < -0.3 is 19.1 Å². The fourth-order valence-corrected chi connectivity index (χ4v) is 4.60. The molecule has 0 saturated carbocycles. The second-order valence-corrected chi connectivity index (χ2v) is 11.8. The maximum absolute atomic E-state index is 13.6. The van der Waals surface area contributed by atoms with Crippen LogP contribution in [0.3, 0.4) is 0 Å². The number of amides is 2. The average molecular weight is 565 g/mol. The molecule has 11 nitrogen and oxygen atoms in total. The van der Waals surface area contributed by atoms with E-state index < -0.39 is 56.6 Å². The largest absolute Gasteiger partial charge is 0.444 e. The van der Waals surface area contributed by atoms with E-state index in [-0.39, 0.29) is 18.9 Å². The summed E-state index contributed by atoms with van der Waals surface area (Å²) in [6.07, 6.45) is 3.12. The molecule has 2 heterocycles. The maximum atomic E-state index is 13.6. The molecule has 0 spiro atoms. The van der Waals surface area contributed by atoms with Crippen LogP contribution in [0, 0.1) is 5.82 Å². The van der Waals surface area contributed by atoms with Crippen LogP contribution in [0.5, 0.6) is 5.75 Å². The number of nitrogens with zero attached hydrogens (tertiary/aromatic N) is 3. The summed E-state index contributed by atoms with van der Waals surface area (Å²) in [6.45, 7) is 8.88. The molecule has 1 atom stereocenters. The van der Waals surface area contributed by atoms with Crippen LogP contribution in [0.2, 0.25) is 0 Å². The third-order valence-corrected chi connectivity index (χ3v) is 6.40. The van der Waals surface area contributed by atoms with Crippen LogP contribution in [-0.4, -0.2) is 53.8 Å². The molecule has 2 amide bonds. The van der Waals surface area contributed by atoms with Gasteiger partial charge in [-0.05, 0) is 63.3 Å². The van der Waals surface area contributed by atoms with E-state index in [1.165, 1.54) is 40.8 Å². The van der Waals surface area contributed by atoms with Crippen molar-refractivity contribution in [2.75, 3.05) is 13.3 Å². The normalized spacial score (nSPS) is 15.5. The summed E-state index contributed by atoms with van der Waals surface area (Å²) in [5, 5.41) is 2.58. The van der Waals surface area contributed by atoms with E-state index in [9.17, 15) is 27.2 Å². The first-order valence-corrected chi connectivity index (χ1v) is 14.1. The standard InChI is InChI=1S/C26H33FN4O7S/c1-7-16-14-18(27)12-11-17(16)15-28-23(32)20-21(38-39(6,35)36)24(33)31-13-9-8-10-19(22(31)29-20)30(5)25(34)37-26(2,3)4/h7,11-12,14,19H,1,8-10,13,15H2,2-6H3,(H,28,32). The summed E-state index contributed by atoms with van der Waals surface area (Å²) in [5.41, 5.74) is -1.22. The summed E-state index contributed by atoms with van der Waals surface area (Å²) in [6, 6.07) is 3.19. The van der Waals surface area contributed by atoms with Gasteiger partial charge in [0, 0.05) is 20.1 Å². The molecule has 1 aromatic heterocycles. The molecule has 13 heteroatoms. The van der Waals surface area contributed by atoms with Crippen LogP contribution in [0.25, 0.3) is 6.08 Å².